The van der Waals surface area contributed by atoms with E-state index in [-0.39, 0.29) is 0 Å². The predicted molar refractivity (Wildman–Crippen MR) is 160 cm³/mol. The van der Waals surface area contributed by atoms with Crippen molar-refractivity contribution in [3.8, 4) is 28.5 Å². The number of aryl methyl sites for hydroxylation is 3. The Hall–Kier alpha value is -4.17. The van der Waals surface area contributed by atoms with Gasteiger partial charge in [-0.2, -0.15) is 5.26 Å². The standard InChI is InChI=1S/C34H37N5/c1-4-6-7-10-18-38-23-31(36-24-38)29-19-25(3)34-32(20-29)39(33(37-34)11-5-2)22-26-14-16-27(17-15-26)30-13-9-8-12-28(30)21-35/h8-9,12-17,19-20,23-24H,4-7,10-11,18,22H2,1-3H3. The summed E-state index contributed by atoms with van der Waals surface area (Å²) in [7, 11) is 0. The fraction of sp³-hybridized carbons (Fsp3) is 0.324. The van der Waals surface area contributed by atoms with Crippen LogP contribution in [0.4, 0.5) is 0 Å². The van der Waals surface area contributed by atoms with Gasteiger partial charge in [-0.1, -0.05) is 75.6 Å². The predicted octanol–water partition coefficient (Wildman–Crippen LogP) is 8.33. The minimum absolute atomic E-state index is 0.697. The summed E-state index contributed by atoms with van der Waals surface area (Å²) in [5.74, 6) is 1.12. The number of unbranched alkanes of at least 4 members (excludes halogenated alkanes) is 3. The lowest BCUT2D eigenvalue weighted by Gasteiger charge is -2.11. The maximum absolute atomic E-state index is 9.51. The molecule has 0 N–H and O–H groups in total. The van der Waals surface area contributed by atoms with Crippen LogP contribution < -0.4 is 0 Å². The molecule has 5 aromatic rings. The highest BCUT2D eigenvalue weighted by Crippen LogP contribution is 2.29. The Kier molecular flexibility index (Phi) is 8.22. The van der Waals surface area contributed by atoms with Crippen molar-refractivity contribution in [2.75, 3.05) is 0 Å². The van der Waals surface area contributed by atoms with Crippen molar-refractivity contribution in [2.24, 2.45) is 0 Å². The van der Waals surface area contributed by atoms with Crippen LogP contribution in [0, 0.1) is 18.3 Å². The first-order valence-corrected chi connectivity index (χ1v) is 14.2. The summed E-state index contributed by atoms with van der Waals surface area (Å²) >= 11 is 0. The summed E-state index contributed by atoms with van der Waals surface area (Å²) < 4.78 is 4.59. The monoisotopic (exact) mass is 515 g/mol. The van der Waals surface area contributed by atoms with E-state index in [1.807, 2.05) is 30.6 Å². The van der Waals surface area contributed by atoms with Gasteiger partial charge in [-0.15, -0.1) is 0 Å². The molecule has 198 valence electrons. The molecule has 0 saturated carbocycles. The molecule has 0 fully saturated rings. The molecule has 0 spiro atoms. The number of fused-ring (bicyclic) bond motifs is 1. The van der Waals surface area contributed by atoms with Crippen molar-refractivity contribution < 1.29 is 0 Å². The van der Waals surface area contributed by atoms with Crippen molar-refractivity contribution in [2.45, 2.75) is 72.4 Å². The van der Waals surface area contributed by atoms with Crippen LogP contribution in [0.2, 0.25) is 0 Å². The molecule has 5 heteroatoms. The SMILES string of the molecule is CCCCCCn1cnc(-c2cc(C)c3nc(CCC)n(Cc4ccc(-c5ccccc5C#N)cc4)c3c2)c1. The second-order valence-corrected chi connectivity index (χ2v) is 10.4. The lowest BCUT2D eigenvalue weighted by molar-refractivity contribution is 0.582. The van der Waals surface area contributed by atoms with Crippen LogP contribution >= 0.6 is 0 Å². The Balaban J connectivity index is 1.46. The molecule has 0 aliphatic heterocycles. The Morgan fingerprint density at radius 2 is 1.72 bits per heavy atom. The van der Waals surface area contributed by atoms with E-state index in [0.29, 0.717) is 5.56 Å². The number of hydrogen-bond acceptors (Lipinski definition) is 3. The number of nitrogens with zero attached hydrogens (tertiary/aromatic N) is 5. The second-order valence-electron chi connectivity index (χ2n) is 10.4. The van der Waals surface area contributed by atoms with Crippen LogP contribution in [0.1, 0.15) is 68.5 Å². The largest absolute Gasteiger partial charge is 0.337 e. The maximum atomic E-state index is 9.51. The quantitative estimate of drug-likeness (QED) is 0.166. The molecule has 0 amide bonds. The fourth-order valence-corrected chi connectivity index (χ4v) is 5.34. The molecule has 0 atom stereocenters. The molecule has 0 unspecified atom stereocenters. The van der Waals surface area contributed by atoms with E-state index < -0.39 is 0 Å². The first-order valence-electron chi connectivity index (χ1n) is 14.2. The van der Waals surface area contributed by atoms with E-state index in [1.165, 1.54) is 36.8 Å². The summed E-state index contributed by atoms with van der Waals surface area (Å²) in [6, 6.07) is 23.1. The Morgan fingerprint density at radius 1 is 0.897 bits per heavy atom. The highest BCUT2D eigenvalue weighted by molar-refractivity contribution is 5.85. The van der Waals surface area contributed by atoms with Crippen LogP contribution in [0.5, 0.6) is 0 Å². The molecule has 0 radical (unpaired) electrons. The third kappa shape index (κ3) is 5.81. The van der Waals surface area contributed by atoms with E-state index in [2.05, 4.69) is 78.6 Å². The average Bonchev–Trinajstić information content (AvgIpc) is 3.57. The zero-order valence-corrected chi connectivity index (χ0v) is 23.3. The first kappa shape index (κ1) is 26.4. The normalized spacial score (nSPS) is 11.2. The van der Waals surface area contributed by atoms with E-state index in [4.69, 9.17) is 9.97 Å². The van der Waals surface area contributed by atoms with Gasteiger partial charge in [0.15, 0.2) is 0 Å². The summed E-state index contributed by atoms with van der Waals surface area (Å²) in [6.07, 6.45) is 11.1. The van der Waals surface area contributed by atoms with Gasteiger partial charge in [-0.25, -0.2) is 9.97 Å². The number of nitriles is 1. The van der Waals surface area contributed by atoms with Gasteiger partial charge in [0.25, 0.3) is 0 Å². The lowest BCUT2D eigenvalue weighted by Crippen LogP contribution is -2.05. The lowest BCUT2D eigenvalue weighted by atomic mass is 9.99. The highest BCUT2D eigenvalue weighted by atomic mass is 15.1. The molecule has 2 aromatic heterocycles. The molecule has 0 aliphatic rings. The molecule has 5 rings (SSSR count). The van der Waals surface area contributed by atoms with Crippen molar-refractivity contribution in [3.63, 3.8) is 0 Å². The molecule has 3 aromatic carbocycles. The van der Waals surface area contributed by atoms with E-state index in [9.17, 15) is 5.26 Å². The molecular weight excluding hydrogens is 478 g/mol. The van der Waals surface area contributed by atoms with Gasteiger partial charge in [-0.3, -0.25) is 0 Å². The number of imidazole rings is 2. The zero-order valence-electron chi connectivity index (χ0n) is 23.3. The van der Waals surface area contributed by atoms with Crippen molar-refractivity contribution >= 4 is 11.0 Å². The molecule has 0 saturated heterocycles. The molecule has 39 heavy (non-hydrogen) atoms. The number of rotatable bonds is 11. The molecule has 5 nitrogen and oxygen atoms in total. The van der Waals surface area contributed by atoms with E-state index >= 15 is 0 Å². The summed E-state index contributed by atoms with van der Waals surface area (Å²) in [4.78, 5) is 9.84. The number of aromatic nitrogens is 4. The maximum Gasteiger partial charge on any atom is 0.110 e. The van der Waals surface area contributed by atoms with Crippen molar-refractivity contribution in [3.05, 3.63) is 95.7 Å². The van der Waals surface area contributed by atoms with E-state index in [1.54, 1.807) is 0 Å². The Bertz CT molecular complexity index is 1600. The van der Waals surface area contributed by atoms with Crippen LogP contribution in [0.3, 0.4) is 0 Å². The second kappa shape index (κ2) is 12.1. The van der Waals surface area contributed by atoms with Crippen LogP contribution in [-0.4, -0.2) is 19.1 Å². The van der Waals surface area contributed by atoms with Crippen molar-refractivity contribution in [1.82, 2.24) is 19.1 Å². The van der Waals surface area contributed by atoms with E-state index in [0.717, 1.165) is 65.2 Å². The van der Waals surface area contributed by atoms with Gasteiger partial charge >= 0.3 is 0 Å². The van der Waals surface area contributed by atoms with Gasteiger partial charge in [0, 0.05) is 31.3 Å². The fourth-order valence-electron chi connectivity index (χ4n) is 5.34. The number of hydrogen-bond donors (Lipinski definition) is 0. The van der Waals surface area contributed by atoms with Gasteiger partial charge in [0.1, 0.15) is 5.82 Å². The third-order valence-electron chi connectivity index (χ3n) is 7.45. The van der Waals surface area contributed by atoms with Gasteiger partial charge in [-0.05, 0) is 60.2 Å². The number of benzene rings is 3. The zero-order chi connectivity index (χ0) is 27.2. The Labute approximate surface area is 231 Å². The summed E-state index contributed by atoms with van der Waals surface area (Å²) in [5.41, 5.74) is 9.50. The molecule has 0 bridgehead atoms. The summed E-state index contributed by atoms with van der Waals surface area (Å²) in [6.45, 7) is 8.37. The highest BCUT2D eigenvalue weighted by Gasteiger charge is 2.16. The first-order chi connectivity index (χ1) is 19.1. The van der Waals surface area contributed by atoms with Gasteiger partial charge < -0.3 is 9.13 Å². The van der Waals surface area contributed by atoms with Crippen LogP contribution in [-0.2, 0) is 19.5 Å². The topological polar surface area (TPSA) is 59.4 Å². The molecule has 2 heterocycles. The van der Waals surface area contributed by atoms with Crippen LogP contribution in [0.15, 0.2) is 73.2 Å². The van der Waals surface area contributed by atoms with Gasteiger partial charge in [0.05, 0.1) is 34.7 Å². The smallest absolute Gasteiger partial charge is 0.110 e. The summed E-state index contributed by atoms with van der Waals surface area (Å²) in [5, 5.41) is 9.51. The molecular formula is C34H37N5. The molecule has 0 aliphatic carbocycles. The average molecular weight is 516 g/mol. The minimum atomic E-state index is 0.697. The minimum Gasteiger partial charge on any atom is -0.337 e. The van der Waals surface area contributed by atoms with Crippen molar-refractivity contribution in [1.29, 1.82) is 5.26 Å². The van der Waals surface area contributed by atoms with Crippen LogP contribution in [0.25, 0.3) is 33.4 Å². The Morgan fingerprint density at radius 3 is 2.49 bits per heavy atom. The van der Waals surface area contributed by atoms with Gasteiger partial charge in [0.2, 0.25) is 0 Å². The third-order valence-corrected chi connectivity index (χ3v) is 7.45.